The molecule has 1 aromatic heterocycles. The van der Waals surface area contributed by atoms with Gasteiger partial charge in [0.2, 0.25) is 0 Å². The summed E-state index contributed by atoms with van der Waals surface area (Å²) in [7, 11) is 1.39. The molecule has 3 heterocycles. The van der Waals surface area contributed by atoms with Gasteiger partial charge in [-0.1, -0.05) is 0 Å². The van der Waals surface area contributed by atoms with Crippen molar-refractivity contribution in [3.63, 3.8) is 0 Å². The number of hydrogen-bond acceptors (Lipinski definition) is 5. The van der Waals surface area contributed by atoms with Crippen molar-refractivity contribution in [2.24, 2.45) is 0 Å². The first-order chi connectivity index (χ1) is 14.0. The van der Waals surface area contributed by atoms with Gasteiger partial charge in [-0.05, 0) is 50.8 Å². The summed E-state index contributed by atoms with van der Waals surface area (Å²) in [4.78, 5) is 35.5. The Labute approximate surface area is 168 Å². The maximum atomic E-state index is 14.0. The van der Waals surface area contributed by atoms with Crippen molar-refractivity contribution >= 4 is 11.8 Å². The number of nitrogens with zero attached hydrogens (tertiary/aromatic N) is 3. The number of hydrogen-bond donors (Lipinski definition) is 1. The van der Waals surface area contributed by atoms with Crippen LogP contribution in [-0.2, 0) is 0 Å². The molecule has 2 aliphatic rings. The molecule has 2 bridgehead atoms. The van der Waals surface area contributed by atoms with Crippen molar-refractivity contribution < 1.29 is 18.7 Å². The first kappa shape index (κ1) is 19.3. The average molecular weight is 398 g/mol. The summed E-state index contributed by atoms with van der Waals surface area (Å²) >= 11 is 0. The molecule has 1 unspecified atom stereocenters. The van der Waals surface area contributed by atoms with E-state index in [1.54, 1.807) is 12.3 Å². The molecule has 2 aliphatic heterocycles. The van der Waals surface area contributed by atoms with Crippen LogP contribution in [0.15, 0.2) is 30.6 Å². The zero-order valence-electron chi connectivity index (χ0n) is 16.4. The van der Waals surface area contributed by atoms with Gasteiger partial charge in [-0.15, -0.1) is 0 Å². The molecule has 4 rings (SSSR count). The van der Waals surface area contributed by atoms with Gasteiger partial charge in [-0.25, -0.2) is 9.37 Å². The summed E-state index contributed by atoms with van der Waals surface area (Å²) in [6.07, 6.45) is 6.14. The van der Waals surface area contributed by atoms with Gasteiger partial charge in [-0.2, -0.15) is 0 Å². The molecule has 152 valence electrons. The maximum absolute atomic E-state index is 14.0. The van der Waals surface area contributed by atoms with Crippen LogP contribution < -0.4 is 10.1 Å². The van der Waals surface area contributed by atoms with Crippen molar-refractivity contribution in [1.29, 1.82) is 0 Å². The minimum atomic E-state index is -0.549. The van der Waals surface area contributed by atoms with Gasteiger partial charge in [0.25, 0.3) is 11.8 Å². The van der Waals surface area contributed by atoms with Crippen molar-refractivity contribution in [2.75, 3.05) is 7.11 Å². The minimum Gasteiger partial charge on any atom is -0.494 e. The first-order valence-corrected chi connectivity index (χ1v) is 9.72. The number of aryl methyl sites for hydroxylation is 1. The molecule has 0 aliphatic carbocycles. The quantitative estimate of drug-likeness (QED) is 0.856. The Kier molecular flexibility index (Phi) is 5.17. The highest BCUT2D eigenvalue weighted by molar-refractivity contribution is 5.95. The Balaban J connectivity index is 1.43. The Morgan fingerprint density at radius 3 is 2.48 bits per heavy atom. The van der Waals surface area contributed by atoms with E-state index in [2.05, 4.69) is 15.3 Å². The Morgan fingerprint density at radius 2 is 1.90 bits per heavy atom. The highest BCUT2D eigenvalue weighted by atomic mass is 19.1. The van der Waals surface area contributed by atoms with Crippen LogP contribution in [0.5, 0.6) is 5.75 Å². The van der Waals surface area contributed by atoms with Crippen LogP contribution >= 0.6 is 0 Å². The SMILES string of the molecule is COc1ccc(C(=O)N2[C@@H]3CC[C@H]2CC(NC(=O)c2cnc(C)cn2)C3)cc1F. The fourth-order valence-electron chi connectivity index (χ4n) is 4.34. The number of carbonyl (C=O) groups is 2. The lowest BCUT2D eigenvalue weighted by molar-refractivity contribution is 0.0548. The highest BCUT2D eigenvalue weighted by Crippen LogP contribution is 2.37. The van der Waals surface area contributed by atoms with Crippen LogP contribution in [0.4, 0.5) is 4.39 Å². The maximum Gasteiger partial charge on any atom is 0.271 e. The van der Waals surface area contributed by atoms with Gasteiger partial charge in [0, 0.05) is 29.9 Å². The molecular formula is C21H23FN4O3. The summed E-state index contributed by atoms with van der Waals surface area (Å²) in [6, 6.07) is 4.32. The number of amides is 2. The number of aromatic nitrogens is 2. The van der Waals surface area contributed by atoms with Crippen LogP contribution in [0.25, 0.3) is 0 Å². The minimum absolute atomic E-state index is 0.0280. The lowest BCUT2D eigenvalue weighted by Gasteiger charge is -2.39. The second-order valence-corrected chi connectivity index (χ2v) is 7.63. The third kappa shape index (κ3) is 3.79. The number of carbonyl (C=O) groups excluding carboxylic acids is 2. The molecule has 7 nitrogen and oxygen atoms in total. The van der Waals surface area contributed by atoms with Crippen molar-refractivity contribution in [3.05, 3.63) is 53.4 Å². The topological polar surface area (TPSA) is 84.4 Å². The molecule has 1 aromatic carbocycles. The monoisotopic (exact) mass is 398 g/mol. The zero-order chi connectivity index (χ0) is 20.5. The molecule has 2 amide bonds. The first-order valence-electron chi connectivity index (χ1n) is 9.72. The number of rotatable bonds is 4. The van der Waals surface area contributed by atoms with Gasteiger partial charge in [0.1, 0.15) is 5.69 Å². The van der Waals surface area contributed by atoms with E-state index in [0.717, 1.165) is 18.5 Å². The van der Waals surface area contributed by atoms with E-state index in [1.165, 1.54) is 25.4 Å². The standard InChI is InChI=1S/C21H23FN4O3/c1-12-10-24-18(11-23-12)20(27)25-14-8-15-4-5-16(9-14)26(15)21(28)13-3-6-19(29-2)17(22)7-13/h3,6-7,10-11,14-16H,4-5,8-9H2,1-2H3,(H,25,27)/t14?,15-,16+. The fourth-order valence-corrected chi connectivity index (χ4v) is 4.34. The van der Waals surface area contributed by atoms with Gasteiger partial charge < -0.3 is 15.0 Å². The Morgan fingerprint density at radius 1 is 1.17 bits per heavy atom. The lowest BCUT2D eigenvalue weighted by atomic mass is 9.96. The summed E-state index contributed by atoms with van der Waals surface area (Å²) in [5, 5.41) is 3.02. The molecule has 0 radical (unpaired) electrons. The molecule has 8 heteroatoms. The summed E-state index contributed by atoms with van der Waals surface area (Å²) < 4.78 is 18.9. The van der Waals surface area contributed by atoms with Crippen molar-refractivity contribution in [1.82, 2.24) is 20.2 Å². The zero-order valence-corrected chi connectivity index (χ0v) is 16.4. The fraction of sp³-hybridized carbons (Fsp3) is 0.429. The Hall–Kier alpha value is -3.03. The molecule has 2 aromatic rings. The number of methoxy groups -OCH3 is 1. The number of piperidine rings is 1. The third-order valence-corrected chi connectivity index (χ3v) is 5.72. The van der Waals surface area contributed by atoms with Gasteiger partial charge in [-0.3, -0.25) is 14.6 Å². The number of halogens is 1. The molecule has 0 saturated carbocycles. The van der Waals surface area contributed by atoms with Crippen LogP contribution in [-0.4, -0.2) is 51.9 Å². The average Bonchev–Trinajstić information content (AvgIpc) is 2.98. The van der Waals surface area contributed by atoms with Gasteiger partial charge in [0.15, 0.2) is 11.6 Å². The van der Waals surface area contributed by atoms with Crippen LogP contribution in [0.2, 0.25) is 0 Å². The Bertz CT molecular complexity index is 920. The van der Waals surface area contributed by atoms with E-state index in [9.17, 15) is 14.0 Å². The molecular weight excluding hydrogens is 375 g/mol. The summed E-state index contributed by atoms with van der Waals surface area (Å²) in [5.41, 5.74) is 1.36. The predicted molar refractivity (Wildman–Crippen MR) is 103 cm³/mol. The van der Waals surface area contributed by atoms with Crippen molar-refractivity contribution in [2.45, 2.75) is 50.7 Å². The van der Waals surface area contributed by atoms with Crippen LogP contribution in [0.1, 0.15) is 52.2 Å². The molecule has 1 N–H and O–H groups in total. The highest BCUT2D eigenvalue weighted by Gasteiger charge is 2.44. The second kappa shape index (κ2) is 7.77. The van der Waals surface area contributed by atoms with E-state index in [-0.39, 0.29) is 41.4 Å². The summed E-state index contributed by atoms with van der Waals surface area (Å²) in [5.74, 6) is -0.857. The molecule has 3 atom stereocenters. The number of fused-ring (bicyclic) bond motifs is 2. The molecule has 0 spiro atoms. The van der Waals surface area contributed by atoms with Crippen molar-refractivity contribution in [3.8, 4) is 5.75 Å². The largest absolute Gasteiger partial charge is 0.494 e. The van der Waals surface area contributed by atoms with Gasteiger partial charge in [0.05, 0.1) is 19.0 Å². The lowest BCUT2D eigenvalue weighted by Crippen LogP contribution is -2.52. The van der Waals surface area contributed by atoms with Crippen LogP contribution in [0.3, 0.4) is 0 Å². The number of benzene rings is 1. The second-order valence-electron chi connectivity index (χ2n) is 7.63. The molecule has 2 saturated heterocycles. The smallest absolute Gasteiger partial charge is 0.271 e. The number of nitrogens with one attached hydrogen (secondary N) is 1. The van der Waals surface area contributed by atoms with E-state index in [1.807, 2.05) is 11.8 Å². The third-order valence-electron chi connectivity index (χ3n) is 5.72. The summed E-state index contributed by atoms with van der Waals surface area (Å²) in [6.45, 7) is 1.81. The molecule has 2 fully saturated rings. The van der Waals surface area contributed by atoms with E-state index in [4.69, 9.17) is 4.74 Å². The molecule has 29 heavy (non-hydrogen) atoms. The van der Waals surface area contributed by atoms with Gasteiger partial charge >= 0.3 is 0 Å². The van der Waals surface area contributed by atoms with E-state index in [0.29, 0.717) is 18.4 Å². The van der Waals surface area contributed by atoms with Crippen LogP contribution in [0, 0.1) is 12.7 Å². The normalized spacial score (nSPS) is 23.0. The number of ether oxygens (including phenoxy) is 1. The predicted octanol–water partition coefficient (Wildman–Crippen LogP) is 2.50. The van der Waals surface area contributed by atoms with E-state index < -0.39 is 5.82 Å². The van der Waals surface area contributed by atoms with E-state index >= 15 is 0 Å².